The second kappa shape index (κ2) is 7.58. The minimum Gasteiger partial charge on any atom is -0.550 e. The maximum atomic E-state index is 13.5. The van der Waals surface area contributed by atoms with Gasteiger partial charge < -0.3 is 20.0 Å². The highest BCUT2D eigenvalue weighted by Gasteiger charge is 2.52. The van der Waals surface area contributed by atoms with Crippen molar-refractivity contribution in [2.45, 2.75) is 18.8 Å². The number of carboxylic acid groups (broad SMARTS) is 1. The molecule has 1 N–H and O–H groups in total. The summed E-state index contributed by atoms with van der Waals surface area (Å²) >= 11 is 0. The van der Waals surface area contributed by atoms with E-state index in [-0.39, 0.29) is 11.8 Å². The van der Waals surface area contributed by atoms with Gasteiger partial charge in [-0.15, -0.1) is 0 Å². The number of ether oxygens (including phenoxy) is 1. The summed E-state index contributed by atoms with van der Waals surface area (Å²) in [7, 11) is 0. The highest BCUT2D eigenvalue weighted by molar-refractivity contribution is 5.97. The molecular formula is C26H22NO4-. The average molecular weight is 412 g/mol. The largest absolute Gasteiger partial charge is 0.550 e. The van der Waals surface area contributed by atoms with Crippen LogP contribution >= 0.6 is 0 Å². The highest BCUT2D eigenvalue weighted by atomic mass is 16.5. The van der Waals surface area contributed by atoms with E-state index in [4.69, 9.17) is 4.74 Å². The van der Waals surface area contributed by atoms with Crippen LogP contribution in [-0.2, 0) is 9.59 Å². The normalized spacial score (nSPS) is 22.9. The van der Waals surface area contributed by atoms with Gasteiger partial charge in [-0.2, -0.15) is 0 Å². The Morgan fingerprint density at radius 2 is 1.29 bits per heavy atom. The first-order valence-corrected chi connectivity index (χ1v) is 10.5. The topological polar surface area (TPSA) is 78.5 Å². The van der Waals surface area contributed by atoms with Crippen LogP contribution in [0.15, 0.2) is 72.8 Å². The molecule has 31 heavy (non-hydrogen) atoms. The summed E-state index contributed by atoms with van der Waals surface area (Å²) in [5.74, 6) is -3.21. The second-order valence-corrected chi connectivity index (χ2v) is 8.03. The number of hydrogen-bond acceptors (Lipinski definition) is 4. The van der Waals surface area contributed by atoms with Gasteiger partial charge in [0.15, 0.2) is 0 Å². The molecule has 156 valence electrons. The molecule has 3 aliphatic carbocycles. The number of carbonyl (C=O) groups excluding carboxylic acids is 2. The van der Waals surface area contributed by atoms with Gasteiger partial charge in [0.2, 0.25) is 5.91 Å². The molecule has 0 heterocycles. The Morgan fingerprint density at radius 1 is 0.806 bits per heavy atom. The van der Waals surface area contributed by atoms with Crippen LogP contribution in [0, 0.1) is 11.8 Å². The number of aliphatic carboxylic acids is 1. The van der Waals surface area contributed by atoms with E-state index in [0.717, 1.165) is 22.3 Å². The number of amides is 1. The quantitative estimate of drug-likeness (QED) is 0.698. The minimum absolute atomic E-state index is 0.308. The predicted octanol–water partition coefficient (Wildman–Crippen LogP) is 3.30. The number of benzene rings is 3. The van der Waals surface area contributed by atoms with E-state index in [9.17, 15) is 14.7 Å². The Balaban J connectivity index is 1.56. The molecule has 0 spiro atoms. The maximum Gasteiger partial charge on any atom is 0.229 e. The van der Waals surface area contributed by atoms with Crippen molar-refractivity contribution in [3.05, 3.63) is 95.1 Å². The molecule has 3 aromatic carbocycles. The van der Waals surface area contributed by atoms with Crippen molar-refractivity contribution in [1.82, 2.24) is 0 Å². The zero-order valence-electron chi connectivity index (χ0n) is 17.1. The molecule has 0 unspecified atom stereocenters. The molecule has 0 aromatic heterocycles. The van der Waals surface area contributed by atoms with Crippen molar-refractivity contribution in [3.8, 4) is 5.75 Å². The molecule has 2 atom stereocenters. The van der Waals surface area contributed by atoms with Crippen LogP contribution in [0.4, 0.5) is 5.69 Å². The minimum atomic E-state index is -1.19. The molecule has 0 saturated carbocycles. The van der Waals surface area contributed by atoms with E-state index in [1.807, 2.05) is 55.5 Å². The van der Waals surface area contributed by atoms with Crippen LogP contribution in [-0.4, -0.2) is 18.5 Å². The Hall–Kier alpha value is -3.60. The monoisotopic (exact) mass is 412 g/mol. The highest BCUT2D eigenvalue weighted by Crippen LogP contribution is 2.58. The van der Waals surface area contributed by atoms with E-state index < -0.39 is 23.7 Å². The first-order valence-electron chi connectivity index (χ1n) is 10.5. The van der Waals surface area contributed by atoms with Gasteiger partial charge in [0.1, 0.15) is 5.75 Å². The Kier molecular flexibility index (Phi) is 4.74. The number of hydrogen-bond donors (Lipinski definition) is 1. The predicted molar refractivity (Wildman–Crippen MR) is 115 cm³/mol. The van der Waals surface area contributed by atoms with Crippen molar-refractivity contribution >= 4 is 17.6 Å². The van der Waals surface area contributed by atoms with Gasteiger partial charge in [0, 0.05) is 29.4 Å². The fourth-order valence-electron chi connectivity index (χ4n) is 5.30. The Morgan fingerprint density at radius 3 is 1.74 bits per heavy atom. The number of rotatable bonds is 5. The summed E-state index contributed by atoms with van der Waals surface area (Å²) < 4.78 is 5.45. The Bertz CT molecular complexity index is 1110. The lowest BCUT2D eigenvalue weighted by Gasteiger charge is -2.50. The van der Waals surface area contributed by atoms with Crippen molar-refractivity contribution in [2.24, 2.45) is 11.8 Å². The average Bonchev–Trinajstić information content (AvgIpc) is 2.80. The van der Waals surface area contributed by atoms with Crippen LogP contribution < -0.4 is 15.2 Å². The standard InChI is InChI=1S/C26H23NO4/c1-2-31-16-13-11-15(12-14-16)27-25(28)23-21-17-7-3-5-9-19(17)22(24(23)26(29)30)20-10-6-4-8-18(20)21/h3-14,21-24H,2H2,1H3,(H,27,28)(H,29,30)/p-1/t21?,22?,23-,24+/m1/s1. The molecule has 0 aliphatic heterocycles. The van der Waals surface area contributed by atoms with Gasteiger partial charge in [-0.25, -0.2) is 0 Å². The zero-order chi connectivity index (χ0) is 21.5. The summed E-state index contributed by atoms with van der Waals surface area (Å²) in [5.41, 5.74) is 4.61. The number of fused-ring (bicyclic) bond motifs is 1. The van der Waals surface area contributed by atoms with Gasteiger partial charge in [-0.3, -0.25) is 4.79 Å². The third kappa shape index (κ3) is 3.08. The first-order chi connectivity index (χ1) is 15.1. The lowest BCUT2D eigenvalue weighted by atomic mass is 9.54. The fraction of sp³-hybridized carbons (Fsp3) is 0.231. The summed E-state index contributed by atoms with van der Waals surface area (Å²) in [6.07, 6.45) is 0. The summed E-state index contributed by atoms with van der Waals surface area (Å²) in [4.78, 5) is 25.8. The number of carbonyl (C=O) groups is 2. The molecule has 0 fully saturated rings. The molecule has 0 radical (unpaired) electrons. The van der Waals surface area contributed by atoms with Crippen LogP contribution in [0.3, 0.4) is 0 Å². The van der Waals surface area contributed by atoms with Crippen LogP contribution in [0.5, 0.6) is 5.75 Å². The zero-order valence-corrected chi connectivity index (χ0v) is 17.1. The van der Waals surface area contributed by atoms with E-state index >= 15 is 0 Å². The molecule has 1 amide bonds. The molecule has 5 nitrogen and oxygen atoms in total. The van der Waals surface area contributed by atoms with Crippen molar-refractivity contribution < 1.29 is 19.4 Å². The van der Waals surface area contributed by atoms with Crippen LogP contribution in [0.1, 0.15) is 41.0 Å². The molecule has 3 aliphatic rings. The third-order valence-electron chi connectivity index (χ3n) is 6.45. The molecular weight excluding hydrogens is 390 g/mol. The number of nitrogens with one attached hydrogen (secondary N) is 1. The maximum absolute atomic E-state index is 13.5. The van der Waals surface area contributed by atoms with Crippen molar-refractivity contribution in [3.63, 3.8) is 0 Å². The third-order valence-corrected chi connectivity index (χ3v) is 6.45. The van der Waals surface area contributed by atoms with Crippen molar-refractivity contribution in [1.29, 1.82) is 0 Å². The SMILES string of the molecule is CCOc1ccc(NC(=O)[C@@H]2C3c4ccccc4C(c4ccccc43)[C@@H]2C(=O)[O-])cc1. The summed E-state index contributed by atoms with van der Waals surface area (Å²) in [5, 5.41) is 15.3. The van der Waals surface area contributed by atoms with E-state index in [1.165, 1.54) is 0 Å². The summed E-state index contributed by atoms with van der Waals surface area (Å²) in [6.45, 7) is 2.46. The van der Waals surface area contributed by atoms with Gasteiger partial charge in [0.25, 0.3) is 0 Å². The van der Waals surface area contributed by atoms with Gasteiger partial charge in [0.05, 0.1) is 12.5 Å². The number of carboxylic acids is 1. The van der Waals surface area contributed by atoms with Crippen molar-refractivity contribution in [2.75, 3.05) is 11.9 Å². The van der Waals surface area contributed by atoms with Crippen LogP contribution in [0.2, 0.25) is 0 Å². The van der Waals surface area contributed by atoms with Gasteiger partial charge in [-0.1, -0.05) is 48.5 Å². The lowest BCUT2D eigenvalue weighted by molar-refractivity contribution is -0.314. The Labute approximate surface area is 180 Å². The fourth-order valence-corrected chi connectivity index (χ4v) is 5.30. The van der Waals surface area contributed by atoms with Crippen LogP contribution in [0.25, 0.3) is 0 Å². The van der Waals surface area contributed by atoms with E-state index in [2.05, 4.69) is 5.32 Å². The second-order valence-electron chi connectivity index (χ2n) is 8.03. The smallest absolute Gasteiger partial charge is 0.229 e. The summed E-state index contributed by atoms with van der Waals surface area (Å²) in [6, 6.07) is 22.8. The molecule has 5 heteroatoms. The van der Waals surface area contributed by atoms with Gasteiger partial charge >= 0.3 is 0 Å². The lowest BCUT2D eigenvalue weighted by Crippen LogP contribution is -2.52. The molecule has 0 saturated heterocycles. The van der Waals surface area contributed by atoms with E-state index in [0.29, 0.717) is 18.0 Å². The number of anilines is 1. The molecule has 3 aromatic rings. The van der Waals surface area contributed by atoms with Gasteiger partial charge in [-0.05, 0) is 53.4 Å². The molecule has 2 bridgehead atoms. The molecule has 6 rings (SSSR count). The first kappa shape index (κ1) is 19.4. The van der Waals surface area contributed by atoms with E-state index in [1.54, 1.807) is 24.3 Å².